The summed E-state index contributed by atoms with van der Waals surface area (Å²) in [7, 11) is 5.65. The minimum Gasteiger partial charge on any atom is -0.481 e. The summed E-state index contributed by atoms with van der Waals surface area (Å²) in [6, 6.07) is 0. The average Bonchev–Trinajstić information content (AvgIpc) is 2.20. The van der Waals surface area contributed by atoms with Crippen molar-refractivity contribution in [2.24, 2.45) is 5.92 Å². The van der Waals surface area contributed by atoms with Crippen molar-refractivity contribution in [1.82, 2.24) is 0 Å². The summed E-state index contributed by atoms with van der Waals surface area (Å²) in [5, 5.41) is 9.07. The number of alkyl halides is 1. The highest BCUT2D eigenvalue weighted by Gasteiger charge is 2.33. The standard InChI is InChI=1S/C12H22ClNO3/c1-5-6-7-10(15)9(12(16)17)8-11(13)14(2,3)4/h9,11H,5-8H2,1-4H3/p+1/t9-,11-/m0/s1. The van der Waals surface area contributed by atoms with Crippen LogP contribution in [0, 0.1) is 5.92 Å². The Morgan fingerprint density at radius 1 is 1.29 bits per heavy atom. The SMILES string of the molecule is CCCCC(=O)[C@H](C[C@@H](Cl)[N+](C)(C)C)C(=O)O. The van der Waals surface area contributed by atoms with Crippen LogP contribution in [0.4, 0.5) is 0 Å². The fourth-order valence-electron chi connectivity index (χ4n) is 1.41. The monoisotopic (exact) mass is 264 g/mol. The summed E-state index contributed by atoms with van der Waals surface area (Å²) < 4.78 is 0.437. The molecule has 100 valence electrons. The summed E-state index contributed by atoms with van der Waals surface area (Å²) in [5.74, 6) is -2.25. The first kappa shape index (κ1) is 16.4. The number of carboxylic acid groups (broad SMARTS) is 1. The van der Waals surface area contributed by atoms with E-state index in [-0.39, 0.29) is 17.7 Å². The third kappa shape index (κ3) is 6.03. The quantitative estimate of drug-likeness (QED) is 0.316. The van der Waals surface area contributed by atoms with Gasteiger partial charge in [-0.25, -0.2) is 0 Å². The molecule has 0 saturated carbocycles. The third-order valence-corrected chi connectivity index (χ3v) is 3.50. The maximum Gasteiger partial charge on any atom is 0.314 e. The molecular formula is C12H23ClNO3+. The Hall–Kier alpha value is -0.610. The lowest BCUT2D eigenvalue weighted by molar-refractivity contribution is -0.883. The van der Waals surface area contributed by atoms with E-state index in [4.69, 9.17) is 16.7 Å². The number of Topliss-reactive ketones (excluding diaryl/α,β-unsaturated/α-hetero) is 1. The minimum atomic E-state index is -1.06. The van der Waals surface area contributed by atoms with Crippen LogP contribution in [0.3, 0.4) is 0 Å². The van der Waals surface area contributed by atoms with E-state index in [1.165, 1.54) is 0 Å². The fourth-order valence-corrected chi connectivity index (χ4v) is 1.58. The summed E-state index contributed by atoms with van der Waals surface area (Å²) in [4.78, 5) is 22.8. The van der Waals surface area contributed by atoms with E-state index >= 15 is 0 Å². The van der Waals surface area contributed by atoms with Crippen LogP contribution < -0.4 is 0 Å². The van der Waals surface area contributed by atoms with Gasteiger partial charge in [-0.3, -0.25) is 9.59 Å². The molecule has 4 nitrogen and oxygen atoms in total. The van der Waals surface area contributed by atoms with E-state index < -0.39 is 11.9 Å². The number of unbranched alkanes of at least 4 members (excludes halogenated alkanes) is 1. The zero-order chi connectivity index (χ0) is 13.6. The van der Waals surface area contributed by atoms with Gasteiger partial charge >= 0.3 is 5.97 Å². The molecule has 5 heteroatoms. The highest BCUT2D eigenvalue weighted by Crippen LogP contribution is 2.20. The summed E-state index contributed by atoms with van der Waals surface area (Å²) >= 11 is 6.13. The maximum atomic E-state index is 11.8. The van der Waals surface area contributed by atoms with E-state index in [1.54, 1.807) is 0 Å². The molecule has 0 heterocycles. The first-order chi connectivity index (χ1) is 7.70. The molecule has 1 N–H and O–H groups in total. The number of carboxylic acids is 1. The predicted molar refractivity (Wildman–Crippen MR) is 67.9 cm³/mol. The van der Waals surface area contributed by atoms with Gasteiger partial charge in [0.2, 0.25) is 0 Å². The Morgan fingerprint density at radius 3 is 2.18 bits per heavy atom. The largest absolute Gasteiger partial charge is 0.481 e. The number of halogens is 1. The molecule has 0 aromatic carbocycles. The van der Waals surface area contributed by atoms with Crippen LogP contribution in [0.1, 0.15) is 32.6 Å². The van der Waals surface area contributed by atoms with Crippen LogP contribution in [0.2, 0.25) is 0 Å². The number of carbonyl (C=O) groups is 2. The van der Waals surface area contributed by atoms with Crippen molar-refractivity contribution in [2.45, 2.75) is 38.1 Å². The number of carbonyl (C=O) groups excluding carboxylic acids is 1. The lowest BCUT2D eigenvalue weighted by atomic mass is 9.96. The highest BCUT2D eigenvalue weighted by atomic mass is 35.5. The number of aliphatic carboxylic acids is 1. The topological polar surface area (TPSA) is 54.4 Å². The van der Waals surface area contributed by atoms with Gasteiger partial charge in [0.25, 0.3) is 0 Å². The number of ketones is 1. The number of nitrogens with zero attached hydrogens (tertiary/aromatic N) is 1. The fraction of sp³-hybridized carbons (Fsp3) is 0.833. The number of rotatable bonds is 8. The lowest BCUT2D eigenvalue weighted by Crippen LogP contribution is -2.44. The molecule has 0 aliphatic rings. The van der Waals surface area contributed by atoms with E-state index in [0.717, 1.165) is 12.8 Å². The Kier molecular flexibility index (Phi) is 6.72. The van der Waals surface area contributed by atoms with E-state index in [9.17, 15) is 9.59 Å². The van der Waals surface area contributed by atoms with Crippen LogP contribution >= 0.6 is 11.6 Å². The van der Waals surface area contributed by atoms with Crippen molar-refractivity contribution < 1.29 is 19.2 Å². The molecular weight excluding hydrogens is 242 g/mol. The number of hydrogen-bond acceptors (Lipinski definition) is 2. The summed E-state index contributed by atoms with van der Waals surface area (Å²) in [6.07, 6.45) is 2.13. The van der Waals surface area contributed by atoms with Crippen molar-refractivity contribution in [3.05, 3.63) is 0 Å². The van der Waals surface area contributed by atoms with Crippen molar-refractivity contribution in [3.8, 4) is 0 Å². The second-order valence-corrected chi connectivity index (χ2v) is 5.75. The molecule has 0 radical (unpaired) electrons. The summed E-state index contributed by atoms with van der Waals surface area (Å²) in [5.41, 5.74) is -0.373. The summed E-state index contributed by atoms with van der Waals surface area (Å²) in [6.45, 7) is 1.97. The van der Waals surface area contributed by atoms with Crippen molar-refractivity contribution >= 4 is 23.4 Å². The molecule has 17 heavy (non-hydrogen) atoms. The zero-order valence-electron chi connectivity index (χ0n) is 11.1. The van der Waals surface area contributed by atoms with Gasteiger partial charge in [0, 0.05) is 12.8 Å². The normalized spacial score (nSPS) is 15.4. The van der Waals surface area contributed by atoms with E-state index in [1.807, 2.05) is 28.1 Å². The molecule has 0 aliphatic heterocycles. The molecule has 0 fully saturated rings. The van der Waals surface area contributed by atoms with Gasteiger partial charge in [-0.15, -0.1) is 0 Å². The van der Waals surface area contributed by atoms with Crippen LogP contribution in [-0.2, 0) is 9.59 Å². The Morgan fingerprint density at radius 2 is 1.82 bits per heavy atom. The molecule has 2 atom stereocenters. The minimum absolute atomic E-state index is 0.183. The maximum absolute atomic E-state index is 11.8. The smallest absolute Gasteiger partial charge is 0.314 e. The van der Waals surface area contributed by atoms with Gasteiger partial charge < -0.3 is 9.59 Å². The Bertz CT molecular complexity index is 273. The van der Waals surface area contributed by atoms with Crippen LogP contribution in [-0.4, -0.2) is 48.0 Å². The van der Waals surface area contributed by atoms with Crippen LogP contribution in [0.5, 0.6) is 0 Å². The van der Waals surface area contributed by atoms with Crippen molar-refractivity contribution in [1.29, 1.82) is 0 Å². The average molecular weight is 265 g/mol. The highest BCUT2D eigenvalue weighted by molar-refractivity contribution is 6.20. The molecule has 0 aromatic rings. The van der Waals surface area contributed by atoms with Crippen molar-refractivity contribution in [2.75, 3.05) is 21.1 Å². The van der Waals surface area contributed by atoms with Crippen LogP contribution in [0.15, 0.2) is 0 Å². The van der Waals surface area contributed by atoms with E-state index in [0.29, 0.717) is 10.9 Å². The van der Waals surface area contributed by atoms with Gasteiger partial charge in [-0.1, -0.05) is 24.9 Å². The van der Waals surface area contributed by atoms with Gasteiger partial charge in [0.05, 0.1) is 21.1 Å². The second kappa shape index (κ2) is 6.97. The zero-order valence-corrected chi connectivity index (χ0v) is 11.8. The van der Waals surface area contributed by atoms with Gasteiger partial charge in [-0.05, 0) is 6.42 Å². The van der Waals surface area contributed by atoms with E-state index in [2.05, 4.69) is 0 Å². The first-order valence-electron chi connectivity index (χ1n) is 5.90. The number of hydrogen-bond donors (Lipinski definition) is 1. The first-order valence-corrected chi connectivity index (χ1v) is 6.34. The Labute approximate surface area is 108 Å². The third-order valence-electron chi connectivity index (χ3n) is 2.73. The lowest BCUT2D eigenvalue weighted by Gasteiger charge is -2.30. The molecule has 0 amide bonds. The molecule has 0 aliphatic carbocycles. The molecule has 0 rings (SSSR count). The Balaban J connectivity index is 4.55. The second-order valence-electron chi connectivity index (χ2n) is 5.25. The van der Waals surface area contributed by atoms with Gasteiger partial charge in [0.1, 0.15) is 11.7 Å². The van der Waals surface area contributed by atoms with Crippen LogP contribution in [0.25, 0.3) is 0 Å². The molecule has 0 spiro atoms. The van der Waals surface area contributed by atoms with Gasteiger partial charge in [-0.2, -0.15) is 0 Å². The predicted octanol–water partition coefficient (Wildman–Crippen LogP) is 2.11. The molecule has 0 aromatic heterocycles. The molecule has 0 unspecified atom stereocenters. The molecule has 0 saturated heterocycles. The van der Waals surface area contributed by atoms with Gasteiger partial charge in [0.15, 0.2) is 5.50 Å². The number of quaternary nitrogens is 1. The molecule has 0 bridgehead atoms. The van der Waals surface area contributed by atoms with Crippen molar-refractivity contribution in [3.63, 3.8) is 0 Å².